The molecule has 7 rings (SSSR count). The number of likely N-dealkylation sites (N-methyl/N-ethyl adjacent to an activating group) is 2. The third-order valence-corrected chi connectivity index (χ3v) is 13.7. The predicted molar refractivity (Wildman–Crippen MR) is 253 cm³/mol. The Labute approximate surface area is 395 Å². The first-order valence-corrected chi connectivity index (χ1v) is 24.6. The second kappa shape index (κ2) is 30.9. The first-order valence-electron chi connectivity index (χ1n) is 22.2. The number of nitrogens with zero attached hydrogens (tertiary/aromatic N) is 2. The molecule has 63 heavy (non-hydrogen) atoms. The standard InChI is InChI=1S/C18H15S.C17H28O7.C11H16I.C6H14N2/c1-4-10-16(11-5-1)19(17-12-6-2-7-13-17)18-14-8-3-9-15-18;1-18-15-2-3-16-17(14-15)24-13-11-22-9-7-20-5-4-19-6-8-21-10-12-23-16;1-4-11(2,3)9-5-7-10(12)8-6-9;1-7-3-5-8(2)6-4-7/h1-15H;2-3,14,16-17H,4-13H2,1H3;5-8,12H,4H2,1-3H3;3-6H2,1-2H3/q+1;;+1;. The molecule has 0 amide bonds. The summed E-state index contributed by atoms with van der Waals surface area (Å²) in [5, 5.41) is 0. The number of halogens is 1. The van der Waals surface area contributed by atoms with Crippen molar-refractivity contribution in [2.75, 3.05) is 113 Å². The molecule has 1 aliphatic carbocycles. The maximum absolute atomic E-state index is 5.86. The molecule has 2 atom stereocenters. The molecule has 0 aromatic heterocycles. The Hall–Kier alpha value is -3.08. The summed E-state index contributed by atoms with van der Waals surface area (Å²) in [5.74, 6) is 0.768. The lowest BCUT2D eigenvalue weighted by Gasteiger charge is -2.28. The minimum absolute atomic E-state index is 0.0146. The zero-order valence-corrected chi connectivity index (χ0v) is 41.7. The minimum atomic E-state index is -0.202. The van der Waals surface area contributed by atoms with Crippen LogP contribution in [-0.4, -0.2) is 135 Å². The number of allylic oxidation sites excluding steroid dienone is 1. The highest BCUT2D eigenvalue weighted by atomic mass is 127. The number of piperazine rings is 1. The fourth-order valence-electron chi connectivity index (χ4n) is 6.38. The van der Waals surface area contributed by atoms with E-state index in [2.05, 4.69) is 183 Å². The van der Waals surface area contributed by atoms with E-state index in [4.69, 9.17) is 33.2 Å². The summed E-state index contributed by atoms with van der Waals surface area (Å²) in [5.41, 5.74) is 1.77. The highest BCUT2D eigenvalue weighted by Crippen LogP contribution is 2.30. The van der Waals surface area contributed by atoms with E-state index in [1.54, 1.807) is 7.11 Å². The zero-order chi connectivity index (χ0) is 45.0. The number of benzene rings is 4. The molecular formula is C52H73IN2O7S+2. The average molecular weight is 997 g/mol. The van der Waals surface area contributed by atoms with Gasteiger partial charge in [0, 0.05) is 26.2 Å². The van der Waals surface area contributed by atoms with Crippen LogP contribution in [0.15, 0.2) is 154 Å². The van der Waals surface area contributed by atoms with Gasteiger partial charge in [0.15, 0.2) is 18.3 Å². The van der Waals surface area contributed by atoms with Gasteiger partial charge in [-0.1, -0.05) is 87.5 Å². The second-order valence-corrected chi connectivity index (χ2v) is 19.2. The molecule has 4 aromatic carbocycles. The van der Waals surface area contributed by atoms with Crippen LogP contribution in [0.1, 0.15) is 32.8 Å². The number of rotatable bonds is 6. The Bertz CT molecular complexity index is 1710. The minimum Gasteiger partial charge on any atom is -0.497 e. The van der Waals surface area contributed by atoms with Gasteiger partial charge in [-0.15, -0.1) is 0 Å². The molecule has 0 bridgehead atoms. The van der Waals surface area contributed by atoms with Gasteiger partial charge in [0.2, 0.25) is 0 Å². The van der Waals surface area contributed by atoms with Gasteiger partial charge in [-0.05, 0) is 98.3 Å². The van der Waals surface area contributed by atoms with Crippen molar-refractivity contribution in [2.45, 2.75) is 59.5 Å². The first kappa shape index (κ1) is 52.5. The van der Waals surface area contributed by atoms with E-state index < -0.39 is 0 Å². The van der Waals surface area contributed by atoms with Crippen LogP contribution in [0.2, 0.25) is 0 Å². The summed E-state index contributed by atoms with van der Waals surface area (Å²) in [7, 11) is 5.97. The molecule has 2 saturated heterocycles. The second-order valence-electron chi connectivity index (χ2n) is 15.9. The number of hydrogen-bond donors (Lipinski definition) is 0. The van der Waals surface area contributed by atoms with Gasteiger partial charge in [-0.25, -0.2) is 0 Å². The number of ether oxygens (including phenoxy) is 7. The normalized spacial score (nSPS) is 19.8. The fourth-order valence-corrected chi connectivity index (χ4v) is 8.88. The Morgan fingerprint density at radius 3 is 1.33 bits per heavy atom. The van der Waals surface area contributed by atoms with Crippen LogP contribution in [-0.2, 0) is 49.5 Å². The lowest BCUT2D eigenvalue weighted by Crippen LogP contribution is -3.34. The van der Waals surface area contributed by atoms with Crippen molar-refractivity contribution in [3.8, 4) is 0 Å². The monoisotopic (exact) mass is 996 g/mol. The van der Waals surface area contributed by atoms with Crippen LogP contribution >= 0.6 is 0 Å². The molecule has 9 nitrogen and oxygen atoms in total. The Morgan fingerprint density at radius 1 is 0.571 bits per heavy atom. The highest BCUT2D eigenvalue weighted by molar-refractivity contribution is 7.97. The summed E-state index contributed by atoms with van der Waals surface area (Å²) in [6.07, 6.45) is 6.58. The molecular weight excluding hydrogens is 924 g/mol. The van der Waals surface area contributed by atoms with Crippen molar-refractivity contribution in [3.63, 3.8) is 0 Å². The van der Waals surface area contributed by atoms with Gasteiger partial charge < -0.3 is 43.0 Å². The van der Waals surface area contributed by atoms with Crippen LogP contribution in [0.5, 0.6) is 0 Å². The van der Waals surface area contributed by atoms with Gasteiger partial charge >= 0.3 is 0 Å². The smallest absolute Gasteiger partial charge is 0.296 e. The van der Waals surface area contributed by atoms with Crippen molar-refractivity contribution in [3.05, 3.63) is 148 Å². The largest absolute Gasteiger partial charge is 0.497 e. The Balaban J connectivity index is 0.000000198. The van der Waals surface area contributed by atoms with Crippen LogP contribution in [0.3, 0.4) is 0 Å². The maximum atomic E-state index is 5.86. The Kier molecular flexibility index (Phi) is 25.8. The third-order valence-electron chi connectivity index (χ3n) is 10.7. The van der Waals surface area contributed by atoms with E-state index in [0.717, 1.165) is 5.76 Å². The van der Waals surface area contributed by atoms with E-state index in [1.807, 2.05) is 18.2 Å². The van der Waals surface area contributed by atoms with Gasteiger partial charge in [0.1, 0.15) is 18.0 Å². The maximum Gasteiger partial charge on any atom is 0.296 e. The number of fused-ring (bicyclic) bond motifs is 1. The van der Waals surface area contributed by atoms with Gasteiger partial charge in [0.25, 0.3) is 22.6 Å². The number of methoxy groups -OCH3 is 1. The Morgan fingerprint density at radius 2 is 0.952 bits per heavy atom. The van der Waals surface area contributed by atoms with Crippen LogP contribution < -0.4 is 22.6 Å². The summed E-state index contributed by atoms with van der Waals surface area (Å²) in [4.78, 5) is 8.81. The van der Waals surface area contributed by atoms with Crippen molar-refractivity contribution in [1.29, 1.82) is 0 Å². The predicted octanol–water partition coefficient (Wildman–Crippen LogP) is 5.41. The molecule has 344 valence electrons. The molecule has 2 heterocycles. The summed E-state index contributed by atoms with van der Waals surface area (Å²) >= 11 is 2.06. The van der Waals surface area contributed by atoms with Gasteiger partial charge in [-0.2, -0.15) is 0 Å². The van der Waals surface area contributed by atoms with E-state index in [9.17, 15) is 0 Å². The molecule has 2 aliphatic heterocycles. The quantitative estimate of drug-likeness (QED) is 0.187. The van der Waals surface area contributed by atoms with E-state index in [0.29, 0.717) is 71.5 Å². The summed E-state index contributed by atoms with van der Waals surface area (Å²) < 4.78 is 40.1. The summed E-state index contributed by atoms with van der Waals surface area (Å²) in [6.45, 7) is 17.0. The molecule has 0 radical (unpaired) electrons. The van der Waals surface area contributed by atoms with Crippen molar-refractivity contribution in [1.82, 2.24) is 9.80 Å². The van der Waals surface area contributed by atoms with Crippen LogP contribution in [0.4, 0.5) is 0 Å². The topological polar surface area (TPSA) is 71.1 Å². The lowest BCUT2D eigenvalue weighted by molar-refractivity contribution is -0.328. The van der Waals surface area contributed by atoms with E-state index in [1.165, 1.54) is 56.4 Å². The SMILES string of the molecule is CCC(C)(C)c1ccc([IH+])cc1.CN1CCN(C)CC1.COC1=CC2OCCOCCOCCOCCOCCOC2C=C1.c1ccc([S+](c2ccccc2)c2ccccc2)cc1. The summed E-state index contributed by atoms with van der Waals surface area (Å²) in [6, 6.07) is 41.0. The van der Waals surface area contributed by atoms with Crippen molar-refractivity contribution >= 4 is 10.9 Å². The molecule has 4 aromatic rings. The highest BCUT2D eigenvalue weighted by Gasteiger charge is 2.28. The van der Waals surface area contributed by atoms with Crippen LogP contribution in [0, 0.1) is 3.57 Å². The third kappa shape index (κ3) is 20.7. The lowest BCUT2D eigenvalue weighted by atomic mass is 9.82. The van der Waals surface area contributed by atoms with Crippen LogP contribution in [0.25, 0.3) is 0 Å². The molecule has 2 unspecified atom stereocenters. The molecule has 0 N–H and O–H groups in total. The molecule has 3 aliphatic rings. The first-order chi connectivity index (χ1) is 30.7. The van der Waals surface area contributed by atoms with Gasteiger partial charge in [0.05, 0.1) is 84.1 Å². The van der Waals surface area contributed by atoms with Crippen molar-refractivity contribution < 1.29 is 55.7 Å². The van der Waals surface area contributed by atoms with Crippen molar-refractivity contribution in [2.24, 2.45) is 0 Å². The molecule has 2 fully saturated rings. The number of hydrogen-bond acceptors (Lipinski definition) is 9. The van der Waals surface area contributed by atoms with Gasteiger partial charge in [-0.3, -0.25) is 0 Å². The van der Waals surface area contributed by atoms with E-state index >= 15 is 0 Å². The molecule has 11 heteroatoms. The average Bonchev–Trinajstić information content (AvgIpc) is 3.32. The molecule has 0 saturated carbocycles. The zero-order valence-electron chi connectivity index (χ0n) is 38.5. The fraction of sp³-hybridized carbons (Fsp3) is 0.462. The molecule has 0 spiro atoms. The van der Waals surface area contributed by atoms with E-state index in [-0.39, 0.29) is 23.1 Å².